The summed E-state index contributed by atoms with van der Waals surface area (Å²) in [5.41, 5.74) is 5.74. The highest BCUT2D eigenvalue weighted by molar-refractivity contribution is 5.75. The van der Waals surface area contributed by atoms with Crippen molar-refractivity contribution in [2.75, 3.05) is 19.7 Å². The Morgan fingerprint density at radius 1 is 1.24 bits per heavy atom. The van der Waals surface area contributed by atoms with E-state index in [-0.39, 0.29) is 11.3 Å². The van der Waals surface area contributed by atoms with Gasteiger partial charge in [0, 0.05) is 19.6 Å². The molecule has 4 nitrogen and oxygen atoms in total. The molecule has 1 aliphatic rings. The van der Waals surface area contributed by atoms with Crippen LogP contribution in [0.4, 0.5) is 0 Å². The number of carbonyl (C=O) groups excluding carboxylic acids is 1. The maximum absolute atomic E-state index is 11.8. The minimum Gasteiger partial charge on any atom is -0.378 e. The molecule has 4 heteroatoms. The highest BCUT2D eigenvalue weighted by atomic mass is 16.5. The molecule has 1 amide bonds. The highest BCUT2D eigenvalue weighted by Crippen LogP contribution is 2.25. The number of carbonyl (C=O) groups is 1. The molecular weight excluding hydrogens is 264 g/mol. The number of amides is 1. The van der Waals surface area contributed by atoms with Gasteiger partial charge in [-0.1, -0.05) is 33.1 Å². The molecule has 3 N–H and O–H groups in total. The molecule has 0 atom stereocenters. The highest BCUT2D eigenvalue weighted by Gasteiger charge is 2.18. The molecule has 1 rings (SSSR count). The Kier molecular flexibility index (Phi) is 8.93. The van der Waals surface area contributed by atoms with Crippen LogP contribution in [0.2, 0.25) is 0 Å². The summed E-state index contributed by atoms with van der Waals surface area (Å²) in [4.78, 5) is 11.8. The van der Waals surface area contributed by atoms with Gasteiger partial charge in [-0.3, -0.25) is 4.79 Å². The lowest BCUT2D eigenvalue weighted by molar-refractivity contribution is -0.121. The Labute approximate surface area is 130 Å². The van der Waals surface area contributed by atoms with Crippen LogP contribution >= 0.6 is 0 Å². The van der Waals surface area contributed by atoms with Gasteiger partial charge in [0.15, 0.2) is 0 Å². The summed E-state index contributed by atoms with van der Waals surface area (Å²) < 4.78 is 5.85. The number of ether oxygens (including phenoxy) is 1. The predicted molar refractivity (Wildman–Crippen MR) is 87.1 cm³/mol. The van der Waals surface area contributed by atoms with Gasteiger partial charge in [0.05, 0.1) is 6.10 Å². The van der Waals surface area contributed by atoms with Crippen molar-refractivity contribution in [3.05, 3.63) is 0 Å². The number of hydrogen-bond donors (Lipinski definition) is 2. The molecule has 0 spiro atoms. The van der Waals surface area contributed by atoms with E-state index in [9.17, 15) is 4.79 Å². The molecule has 0 heterocycles. The van der Waals surface area contributed by atoms with Gasteiger partial charge in [0.2, 0.25) is 5.91 Å². The second-order valence-corrected chi connectivity index (χ2v) is 7.04. The zero-order valence-corrected chi connectivity index (χ0v) is 14.0. The third-order valence-electron chi connectivity index (χ3n) is 4.40. The summed E-state index contributed by atoms with van der Waals surface area (Å²) >= 11 is 0. The second-order valence-electron chi connectivity index (χ2n) is 7.04. The van der Waals surface area contributed by atoms with Crippen LogP contribution in [0.3, 0.4) is 0 Å². The van der Waals surface area contributed by atoms with E-state index in [0.717, 1.165) is 32.4 Å². The first kappa shape index (κ1) is 18.4. The van der Waals surface area contributed by atoms with E-state index in [1.165, 1.54) is 32.1 Å². The van der Waals surface area contributed by atoms with Crippen LogP contribution in [0.5, 0.6) is 0 Å². The minimum atomic E-state index is 0.151. The third-order valence-corrected chi connectivity index (χ3v) is 4.40. The number of hydrogen-bond acceptors (Lipinski definition) is 3. The molecule has 124 valence electrons. The molecule has 0 aliphatic heterocycles. The molecule has 0 aromatic carbocycles. The Morgan fingerprint density at radius 2 is 1.95 bits per heavy atom. The lowest BCUT2D eigenvalue weighted by Gasteiger charge is -2.23. The monoisotopic (exact) mass is 298 g/mol. The zero-order valence-electron chi connectivity index (χ0n) is 14.0. The standard InChI is InChI=1S/C17H34N2O2/c1-17(2,11-12-18)10-9-16(20)19-13-6-14-21-15-7-4-3-5-8-15/h15H,3-14,18H2,1-2H3,(H,19,20). The van der Waals surface area contributed by atoms with Gasteiger partial charge in [0.1, 0.15) is 0 Å². The normalized spacial score (nSPS) is 16.9. The SMILES string of the molecule is CC(C)(CCN)CCC(=O)NCCCOC1CCCCC1. The average Bonchev–Trinajstić information content (AvgIpc) is 2.46. The van der Waals surface area contributed by atoms with Gasteiger partial charge >= 0.3 is 0 Å². The molecular formula is C17H34N2O2. The van der Waals surface area contributed by atoms with Gasteiger partial charge in [0.25, 0.3) is 0 Å². The molecule has 1 saturated carbocycles. The molecule has 0 bridgehead atoms. The van der Waals surface area contributed by atoms with E-state index in [2.05, 4.69) is 19.2 Å². The fourth-order valence-electron chi connectivity index (χ4n) is 2.84. The summed E-state index contributed by atoms with van der Waals surface area (Å²) in [5.74, 6) is 0.151. The van der Waals surface area contributed by atoms with Crippen molar-refractivity contribution in [2.24, 2.45) is 11.1 Å². The van der Waals surface area contributed by atoms with E-state index in [0.29, 0.717) is 19.1 Å². The lowest BCUT2D eigenvalue weighted by atomic mass is 9.84. The molecule has 21 heavy (non-hydrogen) atoms. The molecule has 0 unspecified atom stereocenters. The Balaban J connectivity index is 1.97. The number of rotatable bonds is 10. The average molecular weight is 298 g/mol. The van der Waals surface area contributed by atoms with E-state index in [4.69, 9.17) is 10.5 Å². The van der Waals surface area contributed by atoms with Crippen molar-refractivity contribution >= 4 is 5.91 Å². The van der Waals surface area contributed by atoms with Crippen LogP contribution in [0.15, 0.2) is 0 Å². The molecule has 0 aromatic rings. The largest absolute Gasteiger partial charge is 0.378 e. The van der Waals surface area contributed by atoms with Crippen molar-refractivity contribution < 1.29 is 9.53 Å². The molecule has 1 fully saturated rings. The predicted octanol–water partition coefficient (Wildman–Crippen LogP) is 3.00. The summed E-state index contributed by atoms with van der Waals surface area (Å²) in [7, 11) is 0. The summed E-state index contributed by atoms with van der Waals surface area (Å²) in [6, 6.07) is 0. The van der Waals surface area contributed by atoms with E-state index < -0.39 is 0 Å². The van der Waals surface area contributed by atoms with E-state index in [1.54, 1.807) is 0 Å². The summed E-state index contributed by atoms with van der Waals surface area (Å²) in [5, 5.41) is 2.98. The van der Waals surface area contributed by atoms with Crippen molar-refractivity contribution in [1.82, 2.24) is 5.32 Å². The number of nitrogens with two attached hydrogens (primary N) is 1. The Hall–Kier alpha value is -0.610. The van der Waals surface area contributed by atoms with Gasteiger partial charge in [-0.15, -0.1) is 0 Å². The molecule has 0 aromatic heterocycles. The molecule has 1 aliphatic carbocycles. The van der Waals surface area contributed by atoms with Crippen LogP contribution < -0.4 is 11.1 Å². The van der Waals surface area contributed by atoms with Gasteiger partial charge in [-0.2, -0.15) is 0 Å². The van der Waals surface area contributed by atoms with Crippen molar-refractivity contribution in [3.63, 3.8) is 0 Å². The van der Waals surface area contributed by atoms with Crippen molar-refractivity contribution in [3.8, 4) is 0 Å². The minimum absolute atomic E-state index is 0.151. The van der Waals surface area contributed by atoms with Crippen LogP contribution in [-0.4, -0.2) is 31.7 Å². The quantitative estimate of drug-likeness (QED) is 0.609. The fourth-order valence-corrected chi connectivity index (χ4v) is 2.84. The first-order valence-corrected chi connectivity index (χ1v) is 8.62. The summed E-state index contributed by atoms with van der Waals surface area (Å²) in [6.07, 6.45) is 10.2. The van der Waals surface area contributed by atoms with Crippen LogP contribution in [0.1, 0.15) is 71.6 Å². The third kappa shape index (κ3) is 9.10. The van der Waals surface area contributed by atoms with E-state index in [1.807, 2.05) is 0 Å². The van der Waals surface area contributed by atoms with Gasteiger partial charge < -0.3 is 15.8 Å². The summed E-state index contributed by atoms with van der Waals surface area (Å²) in [6.45, 7) is 6.52. The van der Waals surface area contributed by atoms with Crippen LogP contribution in [-0.2, 0) is 9.53 Å². The van der Waals surface area contributed by atoms with Crippen LogP contribution in [0.25, 0.3) is 0 Å². The molecule has 0 saturated heterocycles. The first-order chi connectivity index (χ1) is 10.0. The van der Waals surface area contributed by atoms with Crippen molar-refractivity contribution in [2.45, 2.75) is 77.7 Å². The van der Waals surface area contributed by atoms with E-state index >= 15 is 0 Å². The maximum Gasteiger partial charge on any atom is 0.220 e. The Morgan fingerprint density at radius 3 is 2.62 bits per heavy atom. The second kappa shape index (κ2) is 10.2. The van der Waals surface area contributed by atoms with Crippen molar-refractivity contribution in [1.29, 1.82) is 0 Å². The maximum atomic E-state index is 11.8. The Bertz CT molecular complexity index is 287. The topological polar surface area (TPSA) is 64.4 Å². The van der Waals surface area contributed by atoms with Gasteiger partial charge in [-0.25, -0.2) is 0 Å². The first-order valence-electron chi connectivity index (χ1n) is 8.62. The lowest BCUT2D eigenvalue weighted by Crippen LogP contribution is -2.28. The van der Waals surface area contributed by atoms with Gasteiger partial charge in [-0.05, 0) is 44.1 Å². The smallest absolute Gasteiger partial charge is 0.220 e. The number of nitrogens with one attached hydrogen (secondary N) is 1. The van der Waals surface area contributed by atoms with Crippen LogP contribution in [0, 0.1) is 5.41 Å². The molecule has 0 radical (unpaired) electrons. The zero-order chi connectivity index (χ0) is 15.6. The fraction of sp³-hybridized carbons (Fsp3) is 0.941.